The van der Waals surface area contributed by atoms with Crippen molar-refractivity contribution in [1.29, 1.82) is 0 Å². The summed E-state index contributed by atoms with van der Waals surface area (Å²) in [6, 6.07) is 5.00. The van der Waals surface area contributed by atoms with Gasteiger partial charge in [0.25, 0.3) is 5.91 Å². The van der Waals surface area contributed by atoms with Crippen molar-refractivity contribution in [1.82, 2.24) is 5.32 Å². The molecule has 1 amide bonds. The molecule has 1 saturated carbocycles. The van der Waals surface area contributed by atoms with E-state index < -0.39 is 5.97 Å². The molecule has 1 aliphatic carbocycles. The number of carboxylic acid groups (broad SMARTS) is 1. The maximum atomic E-state index is 12.1. The van der Waals surface area contributed by atoms with Gasteiger partial charge in [0.1, 0.15) is 0 Å². The molecule has 108 valence electrons. The van der Waals surface area contributed by atoms with E-state index >= 15 is 0 Å². The third-order valence-corrected chi connectivity index (χ3v) is 4.66. The van der Waals surface area contributed by atoms with Crippen molar-refractivity contribution in [3.05, 3.63) is 33.3 Å². The lowest BCUT2D eigenvalue weighted by atomic mass is 9.66. The second kappa shape index (κ2) is 6.14. The van der Waals surface area contributed by atoms with Gasteiger partial charge in [0.15, 0.2) is 0 Å². The summed E-state index contributed by atoms with van der Waals surface area (Å²) in [6.07, 6.45) is 2.81. The Labute approximate surface area is 130 Å². The summed E-state index contributed by atoms with van der Waals surface area (Å²) in [7, 11) is 0. The van der Waals surface area contributed by atoms with Crippen molar-refractivity contribution in [3.8, 4) is 0 Å². The first kappa shape index (κ1) is 15.3. The van der Waals surface area contributed by atoms with E-state index in [1.54, 1.807) is 18.2 Å². The van der Waals surface area contributed by atoms with Crippen molar-refractivity contribution in [2.45, 2.75) is 25.7 Å². The van der Waals surface area contributed by atoms with Crippen LogP contribution in [0.5, 0.6) is 0 Å². The molecule has 0 radical (unpaired) electrons. The zero-order valence-corrected chi connectivity index (χ0v) is 13.1. The highest BCUT2D eigenvalue weighted by molar-refractivity contribution is 9.10. The number of halogens is 2. The number of carboxylic acids is 1. The molecule has 0 atom stereocenters. The molecule has 20 heavy (non-hydrogen) atoms. The molecule has 1 aromatic rings. The Balaban J connectivity index is 2.01. The Bertz CT molecular complexity index is 543. The van der Waals surface area contributed by atoms with E-state index in [-0.39, 0.29) is 17.7 Å². The zero-order chi connectivity index (χ0) is 14.8. The molecule has 0 aliphatic heterocycles. The number of rotatable bonds is 5. The molecule has 2 N–H and O–H groups in total. The number of hydrogen-bond donors (Lipinski definition) is 2. The Morgan fingerprint density at radius 3 is 2.65 bits per heavy atom. The zero-order valence-electron chi connectivity index (χ0n) is 10.8. The Hall–Kier alpha value is -1.07. The Morgan fingerprint density at radius 1 is 1.40 bits per heavy atom. The molecular formula is C14H15BrClNO3. The topological polar surface area (TPSA) is 66.4 Å². The molecule has 0 bridgehead atoms. The minimum Gasteiger partial charge on any atom is -0.481 e. The summed E-state index contributed by atoms with van der Waals surface area (Å²) in [5.74, 6) is -1.06. The van der Waals surface area contributed by atoms with E-state index in [4.69, 9.17) is 16.7 Å². The van der Waals surface area contributed by atoms with Gasteiger partial charge < -0.3 is 10.4 Å². The molecule has 0 aromatic heterocycles. The molecule has 1 aromatic carbocycles. The highest BCUT2D eigenvalue weighted by Gasteiger charge is 2.39. The Morgan fingerprint density at radius 2 is 2.10 bits per heavy atom. The minimum absolute atomic E-state index is 0.101. The smallest absolute Gasteiger partial charge is 0.303 e. The average Bonchev–Trinajstić information content (AvgIpc) is 2.34. The molecule has 2 rings (SSSR count). The number of benzene rings is 1. The number of amides is 1. The summed E-state index contributed by atoms with van der Waals surface area (Å²) in [6.45, 7) is 0.386. The van der Waals surface area contributed by atoms with Gasteiger partial charge in [-0.25, -0.2) is 0 Å². The summed E-state index contributed by atoms with van der Waals surface area (Å²) >= 11 is 9.19. The molecule has 1 fully saturated rings. The van der Waals surface area contributed by atoms with Gasteiger partial charge >= 0.3 is 5.97 Å². The van der Waals surface area contributed by atoms with Crippen molar-refractivity contribution in [3.63, 3.8) is 0 Å². The van der Waals surface area contributed by atoms with Crippen LogP contribution in [0.15, 0.2) is 22.7 Å². The van der Waals surface area contributed by atoms with Crippen LogP contribution in [0.4, 0.5) is 0 Å². The van der Waals surface area contributed by atoms with Gasteiger partial charge in [-0.2, -0.15) is 0 Å². The van der Waals surface area contributed by atoms with Crippen molar-refractivity contribution >= 4 is 39.4 Å². The van der Waals surface area contributed by atoms with Gasteiger partial charge in [0.2, 0.25) is 0 Å². The predicted molar refractivity (Wildman–Crippen MR) is 80.0 cm³/mol. The van der Waals surface area contributed by atoms with E-state index in [0.717, 1.165) is 19.3 Å². The fourth-order valence-corrected chi connectivity index (χ4v) is 3.05. The van der Waals surface area contributed by atoms with Gasteiger partial charge in [0, 0.05) is 16.0 Å². The van der Waals surface area contributed by atoms with Crippen LogP contribution in [-0.2, 0) is 4.79 Å². The number of aliphatic carboxylic acids is 1. The van der Waals surface area contributed by atoms with Crippen molar-refractivity contribution in [2.24, 2.45) is 5.41 Å². The molecule has 0 heterocycles. The normalized spacial score (nSPS) is 16.3. The minimum atomic E-state index is -0.817. The van der Waals surface area contributed by atoms with Crippen LogP contribution < -0.4 is 5.32 Å². The van der Waals surface area contributed by atoms with Gasteiger partial charge in [-0.05, 0) is 52.4 Å². The number of carbonyl (C=O) groups excluding carboxylic acids is 1. The molecule has 0 unspecified atom stereocenters. The molecular weight excluding hydrogens is 346 g/mol. The van der Waals surface area contributed by atoms with Gasteiger partial charge in [-0.3, -0.25) is 9.59 Å². The highest BCUT2D eigenvalue weighted by atomic mass is 79.9. The van der Waals surface area contributed by atoms with Crippen LogP contribution in [0.1, 0.15) is 36.0 Å². The first-order valence-corrected chi connectivity index (χ1v) is 7.54. The second-order valence-electron chi connectivity index (χ2n) is 5.23. The molecule has 6 heteroatoms. The highest BCUT2D eigenvalue weighted by Crippen LogP contribution is 2.43. The predicted octanol–water partition coefficient (Wildman–Crippen LogP) is 3.48. The molecule has 1 aliphatic rings. The maximum absolute atomic E-state index is 12.1. The lowest BCUT2D eigenvalue weighted by molar-refractivity contribution is -0.141. The molecule has 0 spiro atoms. The summed E-state index contributed by atoms with van der Waals surface area (Å²) in [5, 5.41) is 12.3. The number of hydrogen-bond acceptors (Lipinski definition) is 2. The van der Waals surface area contributed by atoms with Crippen LogP contribution in [0.25, 0.3) is 0 Å². The van der Waals surface area contributed by atoms with E-state index in [2.05, 4.69) is 21.2 Å². The quantitative estimate of drug-likeness (QED) is 0.845. The van der Waals surface area contributed by atoms with Crippen LogP contribution in [0.3, 0.4) is 0 Å². The lowest BCUT2D eigenvalue weighted by Gasteiger charge is -2.40. The molecule has 0 saturated heterocycles. The van der Waals surface area contributed by atoms with Gasteiger partial charge in [-0.15, -0.1) is 0 Å². The third-order valence-electron chi connectivity index (χ3n) is 3.74. The SMILES string of the molecule is O=C(O)CC1(CNC(=O)c2cc(Cl)ccc2Br)CCC1. The van der Waals surface area contributed by atoms with E-state index in [1.807, 2.05) is 0 Å². The van der Waals surface area contributed by atoms with Gasteiger partial charge in [0.05, 0.1) is 12.0 Å². The lowest BCUT2D eigenvalue weighted by Crippen LogP contribution is -2.43. The van der Waals surface area contributed by atoms with E-state index in [1.165, 1.54) is 0 Å². The van der Waals surface area contributed by atoms with Crippen LogP contribution in [0.2, 0.25) is 5.02 Å². The van der Waals surface area contributed by atoms with E-state index in [0.29, 0.717) is 21.6 Å². The summed E-state index contributed by atoms with van der Waals surface area (Å²) < 4.78 is 0.667. The second-order valence-corrected chi connectivity index (χ2v) is 6.52. The van der Waals surface area contributed by atoms with Crippen LogP contribution >= 0.6 is 27.5 Å². The van der Waals surface area contributed by atoms with Crippen molar-refractivity contribution < 1.29 is 14.7 Å². The number of carbonyl (C=O) groups is 2. The standard InChI is InChI=1S/C14H15BrClNO3/c15-11-3-2-9(16)6-10(11)13(20)17-8-14(4-1-5-14)7-12(18)19/h2-3,6H,1,4-5,7-8H2,(H,17,20)(H,18,19). The third kappa shape index (κ3) is 3.52. The fourth-order valence-electron chi connectivity index (χ4n) is 2.45. The average molecular weight is 361 g/mol. The Kier molecular flexibility index (Phi) is 4.70. The van der Waals surface area contributed by atoms with Crippen molar-refractivity contribution in [2.75, 3.05) is 6.54 Å². The monoisotopic (exact) mass is 359 g/mol. The fraction of sp³-hybridized carbons (Fsp3) is 0.429. The first-order valence-electron chi connectivity index (χ1n) is 6.37. The summed E-state index contributed by atoms with van der Waals surface area (Å²) in [5.41, 5.74) is 0.175. The number of nitrogens with one attached hydrogen (secondary N) is 1. The van der Waals surface area contributed by atoms with Crippen LogP contribution in [0, 0.1) is 5.41 Å². The molecule has 4 nitrogen and oxygen atoms in total. The maximum Gasteiger partial charge on any atom is 0.303 e. The van der Waals surface area contributed by atoms with Crippen LogP contribution in [-0.4, -0.2) is 23.5 Å². The largest absolute Gasteiger partial charge is 0.481 e. The summed E-state index contributed by atoms with van der Waals surface area (Å²) in [4.78, 5) is 23.0. The van der Waals surface area contributed by atoms with Gasteiger partial charge in [-0.1, -0.05) is 18.0 Å². The van der Waals surface area contributed by atoms with E-state index in [9.17, 15) is 9.59 Å². The first-order chi connectivity index (χ1) is 9.42.